The van der Waals surface area contributed by atoms with Gasteiger partial charge in [0.1, 0.15) is 0 Å². The van der Waals surface area contributed by atoms with Crippen LogP contribution in [-0.4, -0.2) is 29.9 Å². The fourth-order valence-electron chi connectivity index (χ4n) is 1.72. The highest BCUT2D eigenvalue weighted by Crippen LogP contribution is 2.12. The molecule has 0 atom stereocenters. The largest absolute Gasteiger partial charge is 0.350 e. The molecule has 0 aliphatic carbocycles. The monoisotopic (exact) mass is 301 g/mol. The number of amides is 2. The van der Waals surface area contributed by atoms with Gasteiger partial charge in [-0.25, -0.2) is 0 Å². The van der Waals surface area contributed by atoms with Gasteiger partial charge in [0, 0.05) is 35.9 Å². The quantitative estimate of drug-likeness (QED) is 0.579. The third kappa shape index (κ3) is 4.32. The van der Waals surface area contributed by atoms with Gasteiger partial charge in [0.15, 0.2) is 0 Å². The molecule has 1 aromatic carbocycles. The normalized spacial score (nSPS) is 9.95. The Balaban J connectivity index is 1.76. The van der Waals surface area contributed by atoms with Crippen molar-refractivity contribution in [3.8, 4) is 0 Å². The molecule has 21 heavy (non-hydrogen) atoms. The van der Waals surface area contributed by atoms with Gasteiger partial charge in [0.2, 0.25) is 0 Å². The number of rotatable bonds is 5. The second-order valence-corrected chi connectivity index (χ2v) is 4.75. The minimum absolute atomic E-state index is 0.193. The predicted octanol–water partition coefficient (Wildman–Crippen LogP) is 1.53. The average molecular weight is 301 g/mol. The van der Waals surface area contributed by atoms with E-state index >= 15 is 0 Å². The lowest BCUT2D eigenvalue weighted by atomic mass is 10.2. The Morgan fingerprint density at radius 2 is 1.57 bits per heavy atom. The van der Waals surface area contributed by atoms with Crippen LogP contribution in [0.5, 0.6) is 0 Å². The summed E-state index contributed by atoms with van der Waals surface area (Å²) in [5, 5.41) is 5.45. The number of pyridine rings is 1. The summed E-state index contributed by atoms with van der Waals surface area (Å²) >= 11 is 4.23. The van der Waals surface area contributed by atoms with Crippen LogP contribution in [0, 0.1) is 0 Å². The zero-order valence-electron chi connectivity index (χ0n) is 11.2. The van der Waals surface area contributed by atoms with Crippen molar-refractivity contribution in [2.45, 2.75) is 4.90 Å². The number of thiol groups is 1. The van der Waals surface area contributed by atoms with Crippen LogP contribution in [0.2, 0.25) is 0 Å². The van der Waals surface area contributed by atoms with Crippen molar-refractivity contribution >= 4 is 24.4 Å². The van der Waals surface area contributed by atoms with Crippen molar-refractivity contribution in [1.29, 1.82) is 0 Å². The molecule has 1 aromatic heterocycles. The fraction of sp³-hybridized carbons (Fsp3) is 0.133. The van der Waals surface area contributed by atoms with Crippen LogP contribution in [0.1, 0.15) is 20.7 Å². The molecule has 2 amide bonds. The number of benzene rings is 1. The van der Waals surface area contributed by atoms with Crippen molar-refractivity contribution < 1.29 is 9.59 Å². The van der Waals surface area contributed by atoms with E-state index in [1.54, 1.807) is 42.7 Å². The van der Waals surface area contributed by atoms with E-state index in [-0.39, 0.29) is 11.8 Å². The smallest absolute Gasteiger partial charge is 0.252 e. The van der Waals surface area contributed by atoms with Gasteiger partial charge < -0.3 is 10.6 Å². The van der Waals surface area contributed by atoms with E-state index in [0.717, 1.165) is 0 Å². The SMILES string of the molecule is O=C(NCCNC(=O)c1ccccc1S)c1ccncc1. The standard InChI is InChI=1S/C15H15N3O2S/c19-14(11-5-7-16-8-6-11)17-9-10-18-15(20)12-3-1-2-4-13(12)21/h1-8,21H,9-10H2,(H,17,19)(H,18,20). The first-order chi connectivity index (χ1) is 10.2. The first-order valence-electron chi connectivity index (χ1n) is 6.43. The molecule has 0 aliphatic heterocycles. The summed E-state index contributed by atoms with van der Waals surface area (Å²) in [6.45, 7) is 0.694. The number of carbonyl (C=O) groups is 2. The molecule has 0 spiro atoms. The third-order valence-electron chi connectivity index (χ3n) is 2.79. The van der Waals surface area contributed by atoms with Crippen molar-refractivity contribution in [1.82, 2.24) is 15.6 Å². The van der Waals surface area contributed by atoms with Crippen LogP contribution in [0.15, 0.2) is 53.7 Å². The van der Waals surface area contributed by atoms with Gasteiger partial charge in [-0.3, -0.25) is 14.6 Å². The molecule has 0 saturated carbocycles. The molecule has 1 heterocycles. The van der Waals surface area contributed by atoms with Crippen molar-refractivity contribution in [3.05, 3.63) is 59.9 Å². The summed E-state index contributed by atoms with van der Waals surface area (Å²) < 4.78 is 0. The second kappa shape index (κ2) is 7.44. The maximum absolute atomic E-state index is 11.9. The van der Waals surface area contributed by atoms with E-state index in [0.29, 0.717) is 29.1 Å². The minimum Gasteiger partial charge on any atom is -0.350 e. The number of aromatic nitrogens is 1. The molecule has 5 nitrogen and oxygen atoms in total. The summed E-state index contributed by atoms with van der Waals surface area (Å²) in [7, 11) is 0. The van der Waals surface area contributed by atoms with Gasteiger partial charge in [-0.2, -0.15) is 0 Å². The fourth-order valence-corrected chi connectivity index (χ4v) is 1.98. The molecule has 0 saturated heterocycles. The Kier molecular flexibility index (Phi) is 5.34. The summed E-state index contributed by atoms with van der Waals surface area (Å²) in [5.41, 5.74) is 1.05. The van der Waals surface area contributed by atoms with Crippen molar-refractivity contribution in [2.24, 2.45) is 0 Å². The molecular formula is C15H15N3O2S. The second-order valence-electron chi connectivity index (χ2n) is 4.26. The Labute approximate surface area is 128 Å². The lowest BCUT2D eigenvalue weighted by Crippen LogP contribution is -2.34. The number of hydrogen-bond donors (Lipinski definition) is 3. The molecule has 2 rings (SSSR count). The summed E-state index contributed by atoms with van der Waals surface area (Å²) in [5.74, 6) is -0.403. The van der Waals surface area contributed by atoms with Gasteiger partial charge in [0.05, 0.1) is 5.56 Å². The molecule has 2 N–H and O–H groups in total. The molecule has 0 bridgehead atoms. The van der Waals surface area contributed by atoms with Gasteiger partial charge in [-0.05, 0) is 24.3 Å². The first kappa shape index (κ1) is 15.1. The van der Waals surface area contributed by atoms with Gasteiger partial charge in [0.25, 0.3) is 11.8 Å². The highest BCUT2D eigenvalue weighted by atomic mass is 32.1. The average Bonchev–Trinajstić information content (AvgIpc) is 2.52. The minimum atomic E-state index is -0.209. The molecule has 6 heteroatoms. The molecule has 0 unspecified atom stereocenters. The lowest BCUT2D eigenvalue weighted by molar-refractivity contribution is 0.0926. The Morgan fingerprint density at radius 1 is 0.952 bits per heavy atom. The first-order valence-corrected chi connectivity index (χ1v) is 6.87. The van der Waals surface area contributed by atoms with Crippen molar-refractivity contribution in [3.63, 3.8) is 0 Å². The van der Waals surface area contributed by atoms with E-state index in [1.165, 1.54) is 0 Å². The van der Waals surface area contributed by atoms with E-state index in [4.69, 9.17) is 0 Å². The number of hydrogen-bond acceptors (Lipinski definition) is 4. The van der Waals surface area contributed by atoms with Crippen LogP contribution < -0.4 is 10.6 Å². The van der Waals surface area contributed by atoms with Gasteiger partial charge in [-0.1, -0.05) is 12.1 Å². The van der Waals surface area contributed by atoms with Crippen LogP contribution in [0.4, 0.5) is 0 Å². The topological polar surface area (TPSA) is 71.1 Å². The summed E-state index contributed by atoms with van der Waals surface area (Å²) in [4.78, 5) is 28.1. The Bertz CT molecular complexity index is 632. The number of carbonyl (C=O) groups excluding carboxylic acids is 2. The molecule has 0 radical (unpaired) electrons. The Hall–Kier alpha value is -2.34. The van der Waals surface area contributed by atoms with Crippen LogP contribution in [0.3, 0.4) is 0 Å². The van der Waals surface area contributed by atoms with Crippen LogP contribution in [-0.2, 0) is 0 Å². The van der Waals surface area contributed by atoms with Crippen LogP contribution >= 0.6 is 12.6 Å². The van der Waals surface area contributed by atoms with E-state index < -0.39 is 0 Å². The maximum atomic E-state index is 11.9. The third-order valence-corrected chi connectivity index (χ3v) is 3.18. The maximum Gasteiger partial charge on any atom is 0.252 e. The molecular weight excluding hydrogens is 286 g/mol. The molecule has 2 aromatic rings. The zero-order chi connectivity index (χ0) is 15.1. The lowest BCUT2D eigenvalue weighted by Gasteiger charge is -2.08. The van der Waals surface area contributed by atoms with Crippen molar-refractivity contribution in [2.75, 3.05) is 13.1 Å². The predicted molar refractivity (Wildman–Crippen MR) is 82.6 cm³/mol. The number of nitrogens with one attached hydrogen (secondary N) is 2. The van der Waals surface area contributed by atoms with Gasteiger partial charge in [-0.15, -0.1) is 12.6 Å². The summed E-state index contributed by atoms with van der Waals surface area (Å²) in [6, 6.07) is 10.3. The summed E-state index contributed by atoms with van der Waals surface area (Å²) in [6.07, 6.45) is 3.11. The van der Waals surface area contributed by atoms with E-state index in [9.17, 15) is 9.59 Å². The molecule has 0 aliphatic rings. The number of nitrogens with zero attached hydrogens (tertiary/aromatic N) is 1. The molecule has 108 valence electrons. The highest BCUT2D eigenvalue weighted by Gasteiger charge is 2.08. The Morgan fingerprint density at radius 3 is 2.24 bits per heavy atom. The molecule has 0 fully saturated rings. The van der Waals surface area contributed by atoms with Gasteiger partial charge >= 0.3 is 0 Å². The van der Waals surface area contributed by atoms with Crippen LogP contribution in [0.25, 0.3) is 0 Å². The highest BCUT2D eigenvalue weighted by molar-refractivity contribution is 7.80. The zero-order valence-corrected chi connectivity index (χ0v) is 12.1. The van der Waals surface area contributed by atoms with E-state index in [2.05, 4.69) is 28.2 Å². The van der Waals surface area contributed by atoms with E-state index in [1.807, 2.05) is 6.07 Å².